The van der Waals surface area contributed by atoms with Gasteiger partial charge in [-0.05, 0) is 24.3 Å². The van der Waals surface area contributed by atoms with Gasteiger partial charge in [0.05, 0.1) is 5.69 Å². The lowest BCUT2D eigenvalue weighted by molar-refractivity contribution is 0.0703. The number of nitrogen functional groups attached to an aromatic ring is 1. The number of rotatable bonds is 2. The maximum Gasteiger partial charge on any atom is 0.348 e. The van der Waals surface area contributed by atoms with Crippen molar-refractivity contribution in [3.8, 4) is 10.4 Å². The number of hydrogen-bond donors (Lipinski definition) is 2. The van der Waals surface area contributed by atoms with Crippen molar-refractivity contribution in [1.29, 1.82) is 0 Å². The number of carboxylic acids is 1. The number of thiophene rings is 1. The molecule has 0 aliphatic carbocycles. The maximum absolute atomic E-state index is 13.6. The van der Waals surface area contributed by atoms with Crippen LogP contribution in [-0.4, -0.2) is 11.1 Å². The molecule has 0 saturated carbocycles. The third kappa shape index (κ3) is 2.25. The van der Waals surface area contributed by atoms with Crippen molar-refractivity contribution in [2.45, 2.75) is 0 Å². The van der Waals surface area contributed by atoms with Crippen molar-refractivity contribution in [3.63, 3.8) is 0 Å². The van der Waals surface area contributed by atoms with E-state index >= 15 is 0 Å². The molecule has 3 nitrogen and oxygen atoms in total. The molecule has 1 heterocycles. The Bertz CT molecular complexity index is 597. The molecule has 2 rings (SSSR count). The summed E-state index contributed by atoms with van der Waals surface area (Å²) in [5.41, 5.74) is 5.96. The number of nitrogens with two attached hydrogens (primary N) is 1. The van der Waals surface area contributed by atoms with E-state index in [2.05, 4.69) is 0 Å². The van der Waals surface area contributed by atoms with Gasteiger partial charge in [-0.3, -0.25) is 0 Å². The average Bonchev–Trinajstić information content (AvgIpc) is 2.60. The van der Waals surface area contributed by atoms with Crippen LogP contribution in [0.5, 0.6) is 0 Å². The zero-order valence-corrected chi connectivity index (χ0v) is 9.98. The third-order valence-electron chi connectivity index (χ3n) is 2.15. The lowest BCUT2D eigenvalue weighted by Crippen LogP contribution is -1.96. The van der Waals surface area contributed by atoms with Crippen LogP contribution in [0.2, 0.25) is 5.02 Å². The van der Waals surface area contributed by atoms with Gasteiger partial charge in [-0.15, -0.1) is 11.3 Å². The van der Waals surface area contributed by atoms with Gasteiger partial charge >= 0.3 is 5.97 Å². The van der Waals surface area contributed by atoms with E-state index in [4.69, 9.17) is 22.4 Å². The molecule has 0 aliphatic rings. The Hall–Kier alpha value is -1.59. The molecule has 0 fully saturated rings. The van der Waals surface area contributed by atoms with Crippen LogP contribution in [0.1, 0.15) is 9.67 Å². The number of carboxylic acid groups (broad SMARTS) is 1. The first-order chi connectivity index (χ1) is 7.99. The van der Waals surface area contributed by atoms with E-state index in [9.17, 15) is 9.18 Å². The van der Waals surface area contributed by atoms with Crippen LogP contribution in [0.3, 0.4) is 0 Å². The molecule has 17 heavy (non-hydrogen) atoms. The summed E-state index contributed by atoms with van der Waals surface area (Å²) in [5.74, 6) is -1.62. The highest BCUT2D eigenvalue weighted by Gasteiger charge is 2.16. The standard InChI is InChI=1S/C11H7ClFNO2S/c12-5-1-2-6(7(13)3-5)9-4-8(14)10(17-9)11(15)16/h1-4H,14H2,(H,15,16). The monoisotopic (exact) mass is 271 g/mol. The predicted molar refractivity (Wildman–Crippen MR) is 66.1 cm³/mol. The van der Waals surface area contributed by atoms with Crippen LogP contribution in [-0.2, 0) is 0 Å². The van der Waals surface area contributed by atoms with Crippen molar-refractivity contribution in [3.05, 3.63) is 40.0 Å². The minimum atomic E-state index is -1.12. The minimum Gasteiger partial charge on any atom is -0.477 e. The van der Waals surface area contributed by atoms with E-state index in [1.165, 1.54) is 24.3 Å². The lowest BCUT2D eigenvalue weighted by Gasteiger charge is -1.99. The van der Waals surface area contributed by atoms with Crippen molar-refractivity contribution < 1.29 is 14.3 Å². The number of anilines is 1. The summed E-state index contributed by atoms with van der Waals surface area (Å²) in [4.78, 5) is 11.3. The van der Waals surface area contributed by atoms with E-state index in [0.29, 0.717) is 10.4 Å². The molecular formula is C11H7ClFNO2S. The second-order valence-electron chi connectivity index (χ2n) is 3.32. The number of aromatic carboxylic acids is 1. The lowest BCUT2D eigenvalue weighted by atomic mass is 10.1. The van der Waals surface area contributed by atoms with Gasteiger partial charge in [-0.2, -0.15) is 0 Å². The van der Waals surface area contributed by atoms with Gasteiger partial charge in [0.15, 0.2) is 0 Å². The van der Waals surface area contributed by atoms with Crippen LogP contribution >= 0.6 is 22.9 Å². The van der Waals surface area contributed by atoms with Gasteiger partial charge in [-0.1, -0.05) is 11.6 Å². The van der Waals surface area contributed by atoms with E-state index in [1.807, 2.05) is 0 Å². The quantitative estimate of drug-likeness (QED) is 0.879. The number of hydrogen-bond acceptors (Lipinski definition) is 3. The van der Waals surface area contributed by atoms with Gasteiger partial charge in [0.1, 0.15) is 10.7 Å². The minimum absolute atomic E-state index is 0.00866. The summed E-state index contributed by atoms with van der Waals surface area (Å²) in [6.07, 6.45) is 0. The molecule has 3 N–H and O–H groups in total. The molecule has 6 heteroatoms. The van der Waals surface area contributed by atoms with Crippen molar-refractivity contribution in [2.75, 3.05) is 5.73 Å². The summed E-state index contributed by atoms with van der Waals surface area (Å²) >= 11 is 6.57. The summed E-state index contributed by atoms with van der Waals surface area (Å²) in [7, 11) is 0. The van der Waals surface area contributed by atoms with Gasteiger partial charge < -0.3 is 10.8 Å². The van der Waals surface area contributed by atoms with Crippen LogP contribution < -0.4 is 5.73 Å². The Labute approximate surface area is 105 Å². The van der Waals surface area contributed by atoms with Crippen molar-refractivity contribution >= 4 is 34.6 Å². The molecular weight excluding hydrogens is 265 g/mol. The highest BCUT2D eigenvalue weighted by atomic mass is 35.5. The highest BCUT2D eigenvalue weighted by Crippen LogP contribution is 2.35. The van der Waals surface area contributed by atoms with Crippen LogP contribution in [0.15, 0.2) is 24.3 Å². The number of halogens is 2. The van der Waals surface area contributed by atoms with Gasteiger partial charge in [0.25, 0.3) is 0 Å². The molecule has 2 aromatic rings. The maximum atomic E-state index is 13.6. The van der Waals surface area contributed by atoms with Gasteiger partial charge in [0, 0.05) is 15.5 Å². The second kappa shape index (κ2) is 4.35. The molecule has 1 aromatic carbocycles. The first kappa shape index (κ1) is 11.9. The van der Waals surface area contributed by atoms with Crippen molar-refractivity contribution in [2.24, 2.45) is 0 Å². The Balaban J connectivity index is 2.53. The fourth-order valence-corrected chi connectivity index (χ4v) is 2.50. The molecule has 0 bridgehead atoms. The number of benzene rings is 1. The number of carbonyl (C=O) groups is 1. The van der Waals surface area contributed by atoms with E-state index in [-0.39, 0.29) is 15.6 Å². The Kier molecular flexibility index (Phi) is 3.04. The third-order valence-corrected chi connectivity index (χ3v) is 3.56. The molecule has 0 radical (unpaired) electrons. The zero-order valence-electron chi connectivity index (χ0n) is 8.41. The molecule has 1 aromatic heterocycles. The van der Waals surface area contributed by atoms with E-state index < -0.39 is 11.8 Å². The second-order valence-corrected chi connectivity index (χ2v) is 4.81. The molecule has 88 valence electrons. The topological polar surface area (TPSA) is 63.3 Å². The van der Waals surface area contributed by atoms with Crippen LogP contribution in [0, 0.1) is 5.82 Å². The van der Waals surface area contributed by atoms with Gasteiger partial charge in [0.2, 0.25) is 0 Å². The SMILES string of the molecule is Nc1cc(-c2ccc(Cl)cc2F)sc1C(=O)O. The van der Waals surface area contributed by atoms with Crippen LogP contribution in [0.25, 0.3) is 10.4 Å². The first-order valence-electron chi connectivity index (χ1n) is 4.57. The Morgan fingerprint density at radius 3 is 2.65 bits per heavy atom. The summed E-state index contributed by atoms with van der Waals surface area (Å²) in [5, 5.41) is 9.14. The normalized spacial score (nSPS) is 10.5. The summed E-state index contributed by atoms with van der Waals surface area (Å²) in [6, 6.07) is 5.65. The smallest absolute Gasteiger partial charge is 0.348 e. The fourth-order valence-electron chi connectivity index (χ4n) is 1.39. The Morgan fingerprint density at radius 1 is 1.41 bits per heavy atom. The molecule has 0 saturated heterocycles. The summed E-state index contributed by atoms with van der Waals surface area (Å²) in [6.45, 7) is 0. The molecule has 0 aliphatic heterocycles. The van der Waals surface area contributed by atoms with Gasteiger partial charge in [-0.25, -0.2) is 9.18 Å². The fraction of sp³-hybridized carbons (Fsp3) is 0. The Morgan fingerprint density at radius 2 is 2.12 bits per heavy atom. The predicted octanol–water partition coefficient (Wildman–Crippen LogP) is 3.49. The molecule has 0 amide bonds. The largest absolute Gasteiger partial charge is 0.477 e. The van der Waals surface area contributed by atoms with Crippen LogP contribution in [0.4, 0.5) is 10.1 Å². The highest BCUT2D eigenvalue weighted by molar-refractivity contribution is 7.17. The van der Waals surface area contributed by atoms with E-state index in [0.717, 1.165) is 11.3 Å². The van der Waals surface area contributed by atoms with E-state index in [1.54, 1.807) is 0 Å². The molecule has 0 spiro atoms. The zero-order chi connectivity index (χ0) is 12.6. The molecule has 0 unspecified atom stereocenters. The average molecular weight is 272 g/mol. The molecule has 0 atom stereocenters. The first-order valence-corrected chi connectivity index (χ1v) is 5.76. The summed E-state index contributed by atoms with van der Waals surface area (Å²) < 4.78 is 13.6. The van der Waals surface area contributed by atoms with Crippen molar-refractivity contribution in [1.82, 2.24) is 0 Å².